The van der Waals surface area contributed by atoms with E-state index in [-0.39, 0.29) is 22.3 Å². The van der Waals surface area contributed by atoms with Crippen LogP contribution in [0.2, 0.25) is 0 Å². The summed E-state index contributed by atoms with van der Waals surface area (Å²) in [5.41, 5.74) is 0.935. The van der Waals surface area contributed by atoms with E-state index in [1.54, 1.807) is 42.5 Å². The normalized spacial score (nSPS) is 15.7. The average molecular weight is 471 g/mol. The van der Waals surface area contributed by atoms with Gasteiger partial charge in [0.15, 0.2) is 5.11 Å². The minimum atomic E-state index is -0.616. The van der Waals surface area contributed by atoms with Crippen LogP contribution in [-0.4, -0.2) is 16.9 Å². The van der Waals surface area contributed by atoms with Crippen LogP contribution in [0.15, 0.2) is 75.1 Å². The topological polar surface area (TPSA) is 62.6 Å². The molecule has 1 fully saturated rings. The molecule has 8 heteroatoms. The number of rotatable bonds is 3. The Morgan fingerprint density at radius 2 is 1.86 bits per heavy atom. The Kier molecular flexibility index (Phi) is 5.12. The molecule has 0 radical (unpaired) electrons. The zero-order valence-corrected chi connectivity index (χ0v) is 17.1. The van der Waals surface area contributed by atoms with Crippen molar-refractivity contribution in [2.24, 2.45) is 0 Å². The summed E-state index contributed by atoms with van der Waals surface area (Å²) in [6.45, 7) is 0. The molecular weight excluding hydrogens is 459 g/mol. The Balaban J connectivity index is 1.68. The number of nitrogens with zero attached hydrogens (tertiary/aromatic N) is 1. The van der Waals surface area contributed by atoms with Gasteiger partial charge in [-0.15, -0.1) is 0 Å². The number of nitrogens with one attached hydrogen (secondary N) is 1. The van der Waals surface area contributed by atoms with Crippen LogP contribution in [0.1, 0.15) is 5.76 Å². The third kappa shape index (κ3) is 3.90. The standard InChI is InChI=1S/C21H12BrFN2O3S/c22-13-4-2-6-15(10-13)25-20(27)17(19(26)24-21(25)29)11-16-7-8-18(28-16)12-3-1-5-14(23)9-12/h1-11H,(H,24,26,29)/b17-11+. The highest BCUT2D eigenvalue weighted by molar-refractivity contribution is 9.10. The van der Waals surface area contributed by atoms with Crippen molar-refractivity contribution in [1.82, 2.24) is 5.32 Å². The van der Waals surface area contributed by atoms with Gasteiger partial charge in [0.25, 0.3) is 11.8 Å². The molecule has 3 aromatic rings. The lowest BCUT2D eigenvalue weighted by atomic mass is 10.1. The first-order valence-corrected chi connectivity index (χ1v) is 9.65. The predicted molar refractivity (Wildman–Crippen MR) is 114 cm³/mol. The average Bonchev–Trinajstić information content (AvgIpc) is 3.14. The van der Waals surface area contributed by atoms with Crippen LogP contribution in [0.5, 0.6) is 0 Å². The molecule has 0 saturated carbocycles. The molecule has 1 saturated heterocycles. The van der Waals surface area contributed by atoms with Gasteiger partial charge in [-0.3, -0.25) is 19.8 Å². The largest absolute Gasteiger partial charge is 0.457 e. The number of benzene rings is 2. The highest BCUT2D eigenvalue weighted by Gasteiger charge is 2.34. The van der Waals surface area contributed by atoms with Crippen molar-refractivity contribution in [3.8, 4) is 11.3 Å². The number of hydrogen-bond acceptors (Lipinski definition) is 4. The number of carbonyl (C=O) groups excluding carboxylic acids is 2. The van der Waals surface area contributed by atoms with Crippen molar-refractivity contribution in [2.45, 2.75) is 0 Å². The van der Waals surface area contributed by atoms with Gasteiger partial charge < -0.3 is 4.42 Å². The fourth-order valence-corrected chi connectivity index (χ4v) is 3.54. The van der Waals surface area contributed by atoms with E-state index in [2.05, 4.69) is 21.2 Å². The maximum atomic E-state index is 13.4. The zero-order chi connectivity index (χ0) is 20.5. The van der Waals surface area contributed by atoms with Crippen LogP contribution >= 0.6 is 28.1 Å². The molecule has 0 atom stereocenters. The summed E-state index contributed by atoms with van der Waals surface area (Å²) >= 11 is 8.53. The first kappa shape index (κ1) is 19.2. The Labute approximate surface area is 178 Å². The van der Waals surface area contributed by atoms with Crippen molar-refractivity contribution in [1.29, 1.82) is 0 Å². The molecule has 2 heterocycles. The maximum absolute atomic E-state index is 13.4. The molecule has 1 aromatic heterocycles. The van der Waals surface area contributed by atoms with E-state index < -0.39 is 11.8 Å². The van der Waals surface area contributed by atoms with Gasteiger partial charge in [-0.2, -0.15) is 0 Å². The Morgan fingerprint density at radius 3 is 2.62 bits per heavy atom. The summed E-state index contributed by atoms with van der Waals surface area (Å²) in [6, 6.07) is 16.2. The summed E-state index contributed by atoms with van der Waals surface area (Å²) in [5.74, 6) is -0.876. The van der Waals surface area contributed by atoms with E-state index in [1.165, 1.54) is 23.1 Å². The van der Waals surface area contributed by atoms with Gasteiger partial charge in [0.05, 0.1) is 5.69 Å². The number of amides is 2. The lowest BCUT2D eigenvalue weighted by Gasteiger charge is -2.28. The summed E-state index contributed by atoms with van der Waals surface area (Å²) < 4.78 is 19.9. The van der Waals surface area contributed by atoms with Crippen molar-refractivity contribution >= 4 is 56.8 Å². The highest BCUT2D eigenvalue weighted by Crippen LogP contribution is 2.27. The molecule has 1 aliphatic heterocycles. The molecule has 0 aliphatic carbocycles. The predicted octanol–water partition coefficient (Wildman–Crippen LogP) is 4.68. The van der Waals surface area contributed by atoms with Crippen LogP contribution in [0.4, 0.5) is 10.1 Å². The van der Waals surface area contributed by atoms with Crippen LogP contribution < -0.4 is 10.2 Å². The molecule has 0 unspecified atom stereocenters. The third-order valence-electron chi connectivity index (χ3n) is 4.19. The molecule has 0 spiro atoms. The summed E-state index contributed by atoms with van der Waals surface area (Å²) in [5, 5.41) is 2.51. The summed E-state index contributed by atoms with van der Waals surface area (Å²) in [4.78, 5) is 26.6. The van der Waals surface area contributed by atoms with Crippen LogP contribution in [-0.2, 0) is 9.59 Å². The molecule has 4 rings (SSSR count). The second-order valence-electron chi connectivity index (χ2n) is 6.15. The molecule has 144 valence electrons. The van der Waals surface area contributed by atoms with Crippen molar-refractivity contribution in [3.63, 3.8) is 0 Å². The Hall–Kier alpha value is -3.10. The van der Waals surface area contributed by atoms with E-state index in [1.807, 2.05) is 6.07 Å². The van der Waals surface area contributed by atoms with Gasteiger partial charge in [-0.1, -0.05) is 34.1 Å². The SMILES string of the molecule is O=C1NC(=S)N(c2cccc(Br)c2)C(=O)/C1=C/c1ccc(-c2cccc(F)c2)o1. The van der Waals surface area contributed by atoms with Crippen LogP contribution in [0.3, 0.4) is 0 Å². The number of anilines is 1. The van der Waals surface area contributed by atoms with Gasteiger partial charge in [-0.05, 0) is 60.8 Å². The fraction of sp³-hybridized carbons (Fsp3) is 0. The minimum Gasteiger partial charge on any atom is -0.457 e. The monoisotopic (exact) mass is 470 g/mol. The number of furan rings is 1. The Morgan fingerprint density at radius 1 is 1.07 bits per heavy atom. The highest BCUT2D eigenvalue weighted by atomic mass is 79.9. The Bertz CT molecular complexity index is 1190. The van der Waals surface area contributed by atoms with Crippen molar-refractivity contribution in [2.75, 3.05) is 4.90 Å². The summed E-state index contributed by atoms with van der Waals surface area (Å²) in [6.07, 6.45) is 1.34. The third-order valence-corrected chi connectivity index (χ3v) is 4.97. The van der Waals surface area contributed by atoms with E-state index in [0.29, 0.717) is 17.0 Å². The molecule has 2 aromatic carbocycles. The molecular formula is C21H12BrFN2O3S. The summed E-state index contributed by atoms with van der Waals surface area (Å²) in [7, 11) is 0. The number of hydrogen-bond donors (Lipinski definition) is 1. The van der Waals surface area contributed by atoms with E-state index in [0.717, 1.165) is 4.47 Å². The number of carbonyl (C=O) groups is 2. The van der Waals surface area contributed by atoms with Crippen molar-refractivity contribution < 1.29 is 18.4 Å². The lowest BCUT2D eigenvalue weighted by molar-refractivity contribution is -0.122. The molecule has 2 amide bonds. The van der Waals surface area contributed by atoms with Crippen LogP contribution in [0.25, 0.3) is 17.4 Å². The van der Waals surface area contributed by atoms with Crippen molar-refractivity contribution in [3.05, 3.63) is 82.3 Å². The van der Waals surface area contributed by atoms with Gasteiger partial charge in [-0.25, -0.2) is 4.39 Å². The molecule has 29 heavy (non-hydrogen) atoms. The first-order valence-electron chi connectivity index (χ1n) is 8.45. The number of thiocarbonyl (C=S) groups is 1. The molecule has 5 nitrogen and oxygen atoms in total. The second kappa shape index (κ2) is 7.73. The smallest absolute Gasteiger partial charge is 0.270 e. The van der Waals surface area contributed by atoms with E-state index in [4.69, 9.17) is 16.6 Å². The minimum absolute atomic E-state index is 0.00450. The molecule has 0 bridgehead atoms. The zero-order valence-electron chi connectivity index (χ0n) is 14.7. The van der Waals surface area contributed by atoms with Gasteiger partial charge in [0, 0.05) is 10.0 Å². The quantitative estimate of drug-likeness (QED) is 0.343. The maximum Gasteiger partial charge on any atom is 0.270 e. The van der Waals surface area contributed by atoms with Gasteiger partial charge in [0.2, 0.25) is 0 Å². The van der Waals surface area contributed by atoms with Gasteiger partial charge in [0.1, 0.15) is 22.9 Å². The van der Waals surface area contributed by atoms with Gasteiger partial charge >= 0.3 is 0 Å². The van der Waals surface area contributed by atoms with Crippen LogP contribution in [0, 0.1) is 5.82 Å². The first-order chi connectivity index (χ1) is 13.9. The number of halogens is 2. The molecule has 1 N–H and O–H groups in total. The second-order valence-corrected chi connectivity index (χ2v) is 7.45. The van der Waals surface area contributed by atoms with E-state index in [9.17, 15) is 14.0 Å². The fourth-order valence-electron chi connectivity index (χ4n) is 2.88. The molecule has 1 aliphatic rings. The lowest BCUT2D eigenvalue weighted by Crippen LogP contribution is -2.54. The van der Waals surface area contributed by atoms with E-state index >= 15 is 0 Å².